The Hall–Kier alpha value is -1.68. The molecule has 2 aromatic rings. The highest BCUT2D eigenvalue weighted by Gasteiger charge is 2.16. The monoisotopic (exact) mass is 304 g/mol. The van der Waals surface area contributed by atoms with Crippen LogP contribution in [0.4, 0.5) is 5.82 Å². The molecule has 0 aliphatic rings. The van der Waals surface area contributed by atoms with Crippen molar-refractivity contribution in [3.63, 3.8) is 0 Å². The summed E-state index contributed by atoms with van der Waals surface area (Å²) in [4.78, 5) is 16.4. The van der Waals surface area contributed by atoms with Crippen molar-refractivity contribution >= 4 is 27.5 Å². The number of halogens is 1. The van der Waals surface area contributed by atoms with E-state index in [0.717, 1.165) is 15.6 Å². The van der Waals surface area contributed by atoms with E-state index in [4.69, 9.17) is 5.73 Å². The van der Waals surface area contributed by atoms with Gasteiger partial charge in [0.25, 0.3) is 0 Å². The van der Waals surface area contributed by atoms with E-state index in [1.807, 2.05) is 26.0 Å². The van der Waals surface area contributed by atoms with E-state index in [0.29, 0.717) is 11.1 Å². The molecule has 4 heteroatoms. The zero-order valence-electron chi connectivity index (χ0n) is 10.2. The average Bonchev–Trinajstić information content (AvgIpc) is 2.31. The first-order valence-electron chi connectivity index (χ1n) is 5.52. The number of carbonyl (C=O) groups excluding carboxylic acids is 1. The summed E-state index contributed by atoms with van der Waals surface area (Å²) in [5, 5.41) is 0. The Morgan fingerprint density at radius 2 is 1.89 bits per heavy atom. The second kappa shape index (κ2) is 4.90. The van der Waals surface area contributed by atoms with Gasteiger partial charge in [0.2, 0.25) is 0 Å². The normalized spacial score (nSPS) is 10.4. The van der Waals surface area contributed by atoms with Gasteiger partial charge in [-0.15, -0.1) is 0 Å². The van der Waals surface area contributed by atoms with Crippen molar-refractivity contribution in [2.75, 3.05) is 5.73 Å². The molecule has 2 N–H and O–H groups in total. The van der Waals surface area contributed by atoms with E-state index in [1.54, 1.807) is 18.3 Å². The Balaban J connectivity index is 2.51. The van der Waals surface area contributed by atoms with Gasteiger partial charge in [-0.3, -0.25) is 4.79 Å². The van der Waals surface area contributed by atoms with Crippen LogP contribution >= 0.6 is 15.9 Å². The number of nitrogens with two attached hydrogens (primary N) is 1. The number of aromatic nitrogens is 1. The maximum Gasteiger partial charge on any atom is 0.197 e. The number of pyridine rings is 1. The van der Waals surface area contributed by atoms with Gasteiger partial charge in [0.1, 0.15) is 5.82 Å². The second-order valence-corrected chi connectivity index (χ2v) is 5.11. The largest absolute Gasteiger partial charge is 0.383 e. The first-order valence-corrected chi connectivity index (χ1v) is 6.31. The van der Waals surface area contributed by atoms with Gasteiger partial charge in [0.15, 0.2) is 5.78 Å². The molecule has 92 valence electrons. The Bertz CT molecular complexity index is 623. The lowest BCUT2D eigenvalue weighted by atomic mass is 10.0. The minimum Gasteiger partial charge on any atom is -0.383 e. The van der Waals surface area contributed by atoms with E-state index in [-0.39, 0.29) is 11.6 Å². The lowest BCUT2D eigenvalue weighted by molar-refractivity contribution is 0.103. The molecular formula is C14H13BrN2O. The number of hydrogen-bond donors (Lipinski definition) is 1. The molecular weight excluding hydrogens is 292 g/mol. The highest BCUT2D eigenvalue weighted by Crippen LogP contribution is 2.23. The number of nitrogens with zero attached hydrogens (tertiary/aromatic N) is 1. The van der Waals surface area contributed by atoms with Crippen LogP contribution in [0, 0.1) is 13.8 Å². The first kappa shape index (κ1) is 12.8. The molecule has 3 nitrogen and oxygen atoms in total. The lowest BCUT2D eigenvalue weighted by Gasteiger charge is -2.07. The molecule has 0 aliphatic carbocycles. The fourth-order valence-corrected chi connectivity index (χ4v) is 2.38. The van der Waals surface area contributed by atoms with E-state index in [1.165, 1.54) is 0 Å². The van der Waals surface area contributed by atoms with Crippen LogP contribution in [0.2, 0.25) is 0 Å². The van der Waals surface area contributed by atoms with Crippen molar-refractivity contribution < 1.29 is 4.79 Å². The summed E-state index contributed by atoms with van der Waals surface area (Å²) in [6.07, 6.45) is 1.65. The third-order valence-corrected chi connectivity index (χ3v) is 3.33. The first-order chi connectivity index (χ1) is 8.49. The maximum atomic E-state index is 12.4. The highest BCUT2D eigenvalue weighted by atomic mass is 79.9. The van der Waals surface area contributed by atoms with Crippen LogP contribution < -0.4 is 5.73 Å². The number of carbonyl (C=O) groups is 1. The molecule has 0 saturated carbocycles. The van der Waals surface area contributed by atoms with Gasteiger partial charge >= 0.3 is 0 Å². The van der Waals surface area contributed by atoms with Crippen LogP contribution in [0.15, 0.2) is 34.9 Å². The topological polar surface area (TPSA) is 56.0 Å². The maximum absolute atomic E-state index is 12.4. The van der Waals surface area contributed by atoms with Crippen molar-refractivity contribution in [2.45, 2.75) is 13.8 Å². The van der Waals surface area contributed by atoms with Crippen LogP contribution in [0.5, 0.6) is 0 Å². The molecule has 0 spiro atoms. The minimum atomic E-state index is -0.115. The zero-order chi connectivity index (χ0) is 13.3. The lowest BCUT2D eigenvalue weighted by Crippen LogP contribution is -2.08. The smallest absolute Gasteiger partial charge is 0.197 e. The Morgan fingerprint density at radius 3 is 2.56 bits per heavy atom. The van der Waals surface area contributed by atoms with Gasteiger partial charge in [-0.05, 0) is 43.2 Å². The molecule has 2 rings (SSSR count). The SMILES string of the molecule is Cc1ccc(C(=O)c2cc(C)cnc2N)c(Br)c1. The summed E-state index contributed by atoms with van der Waals surface area (Å²) < 4.78 is 0.772. The predicted octanol–water partition coefficient (Wildman–Crippen LogP) is 3.27. The van der Waals surface area contributed by atoms with E-state index in [2.05, 4.69) is 20.9 Å². The number of rotatable bonds is 2. The summed E-state index contributed by atoms with van der Waals surface area (Å²) in [6, 6.07) is 7.37. The molecule has 1 aromatic carbocycles. The van der Waals surface area contributed by atoms with Gasteiger partial charge in [-0.25, -0.2) is 4.98 Å². The minimum absolute atomic E-state index is 0.115. The molecule has 0 fully saturated rings. The summed E-state index contributed by atoms with van der Waals surface area (Å²) in [5.41, 5.74) is 8.81. The number of ketones is 1. The van der Waals surface area contributed by atoms with Gasteiger partial charge in [-0.2, -0.15) is 0 Å². The molecule has 0 amide bonds. The van der Waals surface area contributed by atoms with Crippen LogP contribution in [0.25, 0.3) is 0 Å². The van der Waals surface area contributed by atoms with Gasteiger partial charge < -0.3 is 5.73 Å². The van der Waals surface area contributed by atoms with Gasteiger partial charge in [0, 0.05) is 16.2 Å². The summed E-state index contributed by atoms with van der Waals surface area (Å²) in [7, 11) is 0. The molecule has 0 bridgehead atoms. The van der Waals surface area contributed by atoms with Gasteiger partial charge in [-0.1, -0.05) is 22.0 Å². The Kier molecular flexibility index (Phi) is 3.48. The van der Waals surface area contributed by atoms with E-state index < -0.39 is 0 Å². The fraction of sp³-hybridized carbons (Fsp3) is 0.143. The Morgan fingerprint density at radius 1 is 1.17 bits per heavy atom. The number of nitrogen functional groups attached to an aromatic ring is 1. The van der Waals surface area contributed by atoms with Crippen molar-refractivity contribution in [2.24, 2.45) is 0 Å². The molecule has 0 atom stereocenters. The van der Waals surface area contributed by atoms with Crippen molar-refractivity contribution in [1.29, 1.82) is 0 Å². The van der Waals surface area contributed by atoms with Crippen molar-refractivity contribution in [3.05, 3.63) is 57.2 Å². The average molecular weight is 305 g/mol. The standard InChI is InChI=1S/C14H13BrN2O/c1-8-3-4-10(12(15)6-8)13(18)11-5-9(2)7-17-14(11)16/h3-7H,1-2H3,(H2,16,17). The molecule has 1 heterocycles. The van der Waals surface area contributed by atoms with Crippen LogP contribution in [0.1, 0.15) is 27.0 Å². The van der Waals surface area contributed by atoms with Crippen molar-refractivity contribution in [3.8, 4) is 0 Å². The van der Waals surface area contributed by atoms with Crippen molar-refractivity contribution in [1.82, 2.24) is 4.98 Å². The second-order valence-electron chi connectivity index (χ2n) is 4.26. The Labute approximate surface area is 114 Å². The van der Waals surface area contributed by atoms with Crippen LogP contribution in [0.3, 0.4) is 0 Å². The predicted molar refractivity (Wildman–Crippen MR) is 75.7 cm³/mol. The summed E-state index contributed by atoms with van der Waals surface area (Å²) in [6.45, 7) is 3.86. The van der Waals surface area contributed by atoms with Crippen LogP contribution in [-0.4, -0.2) is 10.8 Å². The molecule has 1 aromatic heterocycles. The summed E-state index contributed by atoms with van der Waals surface area (Å²) >= 11 is 3.41. The third kappa shape index (κ3) is 2.43. The number of hydrogen-bond acceptors (Lipinski definition) is 3. The van der Waals surface area contributed by atoms with Crippen LogP contribution in [-0.2, 0) is 0 Å². The van der Waals surface area contributed by atoms with E-state index >= 15 is 0 Å². The highest BCUT2D eigenvalue weighted by molar-refractivity contribution is 9.10. The van der Waals surface area contributed by atoms with Gasteiger partial charge in [0.05, 0.1) is 5.56 Å². The number of aryl methyl sites for hydroxylation is 2. The summed E-state index contributed by atoms with van der Waals surface area (Å²) in [5.74, 6) is 0.147. The zero-order valence-corrected chi connectivity index (χ0v) is 11.8. The molecule has 0 radical (unpaired) electrons. The number of benzene rings is 1. The molecule has 18 heavy (non-hydrogen) atoms. The third-order valence-electron chi connectivity index (χ3n) is 2.67. The molecule has 0 unspecified atom stereocenters. The quantitative estimate of drug-likeness (QED) is 0.866. The number of anilines is 1. The van der Waals surface area contributed by atoms with E-state index in [9.17, 15) is 4.79 Å². The molecule has 0 aliphatic heterocycles. The fourth-order valence-electron chi connectivity index (χ4n) is 1.71. The molecule has 0 saturated heterocycles.